The van der Waals surface area contributed by atoms with Crippen molar-refractivity contribution in [2.24, 2.45) is 0 Å². The second kappa shape index (κ2) is 7.61. The van der Waals surface area contributed by atoms with Crippen LogP contribution in [0.1, 0.15) is 21.5 Å². The van der Waals surface area contributed by atoms with Crippen molar-refractivity contribution < 1.29 is 9.59 Å². The van der Waals surface area contributed by atoms with Crippen LogP contribution in [0.5, 0.6) is 0 Å². The largest absolute Gasteiger partial charge is 0.355 e. The van der Waals surface area contributed by atoms with Crippen LogP contribution < -0.4 is 10.6 Å². The topological polar surface area (TPSA) is 58.2 Å². The normalized spacial score (nSPS) is 10.1. The van der Waals surface area contributed by atoms with Crippen LogP contribution in [0.25, 0.3) is 0 Å². The number of amides is 2. The Kier molecular flexibility index (Phi) is 5.55. The lowest BCUT2D eigenvalue weighted by Crippen LogP contribution is -2.24. The Morgan fingerprint density at radius 2 is 1.55 bits per heavy atom. The van der Waals surface area contributed by atoms with Gasteiger partial charge < -0.3 is 10.6 Å². The van der Waals surface area contributed by atoms with Gasteiger partial charge in [-0.2, -0.15) is 0 Å². The molecule has 0 aromatic heterocycles. The average Bonchev–Trinajstić information content (AvgIpc) is 2.55. The smallest absolute Gasteiger partial charge is 0.251 e. The van der Waals surface area contributed by atoms with Crippen molar-refractivity contribution in [1.29, 1.82) is 0 Å². The molecule has 4 nitrogen and oxygen atoms in total. The molecule has 0 saturated carbocycles. The highest BCUT2D eigenvalue weighted by Gasteiger charge is 2.05. The second-order valence-corrected chi connectivity index (χ2v) is 5.29. The summed E-state index contributed by atoms with van der Waals surface area (Å²) in [7, 11) is 1.59. The van der Waals surface area contributed by atoms with E-state index in [1.165, 1.54) is 0 Å². The Morgan fingerprint density at radius 1 is 0.955 bits per heavy atom. The van der Waals surface area contributed by atoms with E-state index in [-0.39, 0.29) is 11.8 Å². The molecule has 0 fully saturated rings. The molecule has 0 aliphatic rings. The highest BCUT2D eigenvalue weighted by Crippen LogP contribution is 2.10. The summed E-state index contributed by atoms with van der Waals surface area (Å²) < 4.78 is 0. The van der Waals surface area contributed by atoms with Crippen LogP contribution in [-0.4, -0.2) is 18.9 Å². The van der Waals surface area contributed by atoms with Crippen molar-refractivity contribution in [1.82, 2.24) is 10.6 Å². The summed E-state index contributed by atoms with van der Waals surface area (Å²) in [4.78, 5) is 23.3. The summed E-state index contributed by atoms with van der Waals surface area (Å²) in [6.07, 6.45) is 0.313. The average molecular weight is 317 g/mol. The number of hydrogen-bond acceptors (Lipinski definition) is 2. The monoisotopic (exact) mass is 316 g/mol. The summed E-state index contributed by atoms with van der Waals surface area (Å²) >= 11 is 5.81. The molecule has 0 heterocycles. The van der Waals surface area contributed by atoms with Gasteiger partial charge in [-0.3, -0.25) is 9.59 Å². The van der Waals surface area contributed by atoms with Crippen LogP contribution in [0.2, 0.25) is 5.02 Å². The zero-order chi connectivity index (χ0) is 15.9. The van der Waals surface area contributed by atoms with E-state index in [1.807, 2.05) is 24.3 Å². The standard InChI is InChI=1S/C17H17ClN2O2/c1-19-17(22)14-6-2-13(3-7-14)11-20-16(21)10-12-4-8-15(18)9-5-12/h2-9H,10-11H2,1H3,(H,19,22)(H,20,21). The first kappa shape index (κ1) is 16.0. The fraction of sp³-hybridized carbons (Fsp3) is 0.176. The van der Waals surface area contributed by atoms with Crippen molar-refractivity contribution in [3.05, 3.63) is 70.2 Å². The minimum Gasteiger partial charge on any atom is -0.355 e. The predicted molar refractivity (Wildman–Crippen MR) is 86.8 cm³/mol. The SMILES string of the molecule is CNC(=O)c1ccc(CNC(=O)Cc2ccc(Cl)cc2)cc1. The Bertz CT molecular complexity index is 651. The molecule has 2 rings (SSSR count). The van der Waals surface area contributed by atoms with Gasteiger partial charge >= 0.3 is 0 Å². The first-order valence-electron chi connectivity index (χ1n) is 6.90. The number of carbonyl (C=O) groups is 2. The van der Waals surface area contributed by atoms with E-state index >= 15 is 0 Å². The van der Waals surface area contributed by atoms with Gasteiger partial charge in [-0.05, 0) is 35.4 Å². The molecule has 0 atom stereocenters. The molecule has 0 aliphatic carbocycles. The molecular weight excluding hydrogens is 300 g/mol. The molecule has 0 bridgehead atoms. The Labute approximate surface area is 134 Å². The van der Waals surface area contributed by atoms with Gasteiger partial charge in [0.25, 0.3) is 5.91 Å². The van der Waals surface area contributed by atoms with E-state index in [4.69, 9.17) is 11.6 Å². The van der Waals surface area contributed by atoms with E-state index in [0.717, 1.165) is 11.1 Å². The fourth-order valence-corrected chi connectivity index (χ4v) is 2.10. The van der Waals surface area contributed by atoms with Gasteiger partial charge in [-0.15, -0.1) is 0 Å². The summed E-state index contributed by atoms with van der Waals surface area (Å²) in [5.41, 5.74) is 2.45. The van der Waals surface area contributed by atoms with Gasteiger partial charge in [0, 0.05) is 24.2 Å². The summed E-state index contributed by atoms with van der Waals surface area (Å²) in [5, 5.41) is 6.07. The Morgan fingerprint density at radius 3 is 2.14 bits per heavy atom. The zero-order valence-corrected chi connectivity index (χ0v) is 13.0. The van der Waals surface area contributed by atoms with Crippen molar-refractivity contribution in [2.45, 2.75) is 13.0 Å². The number of carbonyl (C=O) groups excluding carboxylic acids is 2. The minimum absolute atomic E-state index is 0.0577. The molecule has 0 unspecified atom stereocenters. The minimum atomic E-state index is -0.127. The van der Waals surface area contributed by atoms with Crippen LogP contribution in [-0.2, 0) is 17.8 Å². The third-order valence-corrected chi connectivity index (χ3v) is 3.46. The Balaban J connectivity index is 1.85. The first-order chi connectivity index (χ1) is 10.6. The number of benzene rings is 2. The van der Waals surface area contributed by atoms with E-state index in [0.29, 0.717) is 23.6 Å². The summed E-state index contributed by atoms with van der Waals surface area (Å²) in [5.74, 6) is -0.184. The highest BCUT2D eigenvalue weighted by atomic mass is 35.5. The molecule has 0 saturated heterocycles. The van der Waals surface area contributed by atoms with Gasteiger partial charge in [-0.1, -0.05) is 35.9 Å². The van der Waals surface area contributed by atoms with Gasteiger partial charge in [0.05, 0.1) is 6.42 Å². The van der Waals surface area contributed by atoms with Crippen LogP contribution >= 0.6 is 11.6 Å². The van der Waals surface area contributed by atoms with Crippen LogP contribution in [0, 0.1) is 0 Å². The third-order valence-electron chi connectivity index (χ3n) is 3.21. The Hall–Kier alpha value is -2.33. The van der Waals surface area contributed by atoms with Gasteiger partial charge in [0.15, 0.2) is 0 Å². The van der Waals surface area contributed by atoms with Crippen molar-refractivity contribution >= 4 is 23.4 Å². The maximum Gasteiger partial charge on any atom is 0.251 e. The molecule has 2 aromatic rings. The van der Waals surface area contributed by atoms with Crippen molar-refractivity contribution in [2.75, 3.05) is 7.05 Å². The number of rotatable bonds is 5. The first-order valence-corrected chi connectivity index (χ1v) is 7.28. The maximum atomic E-state index is 11.9. The molecule has 22 heavy (non-hydrogen) atoms. The number of hydrogen-bond donors (Lipinski definition) is 2. The highest BCUT2D eigenvalue weighted by molar-refractivity contribution is 6.30. The van der Waals surface area contributed by atoms with Crippen molar-refractivity contribution in [3.63, 3.8) is 0 Å². The molecular formula is C17H17ClN2O2. The lowest BCUT2D eigenvalue weighted by molar-refractivity contribution is -0.120. The molecule has 5 heteroatoms. The zero-order valence-electron chi connectivity index (χ0n) is 12.2. The van der Waals surface area contributed by atoms with Crippen molar-refractivity contribution in [3.8, 4) is 0 Å². The molecule has 2 amide bonds. The number of nitrogens with one attached hydrogen (secondary N) is 2. The molecule has 0 aliphatic heterocycles. The molecule has 0 spiro atoms. The predicted octanol–water partition coefficient (Wildman–Crippen LogP) is 2.56. The van der Waals surface area contributed by atoms with Gasteiger partial charge in [0.1, 0.15) is 0 Å². The summed E-state index contributed by atoms with van der Waals surface area (Å²) in [6, 6.07) is 14.3. The van der Waals surface area contributed by atoms with Crippen LogP contribution in [0.3, 0.4) is 0 Å². The second-order valence-electron chi connectivity index (χ2n) is 4.86. The summed E-state index contributed by atoms with van der Waals surface area (Å²) in [6.45, 7) is 0.431. The van der Waals surface area contributed by atoms with E-state index in [1.54, 1.807) is 31.3 Å². The molecule has 2 N–H and O–H groups in total. The van der Waals surface area contributed by atoms with E-state index in [2.05, 4.69) is 10.6 Å². The van der Waals surface area contributed by atoms with Crippen LogP contribution in [0.4, 0.5) is 0 Å². The fourth-order valence-electron chi connectivity index (χ4n) is 1.97. The lowest BCUT2D eigenvalue weighted by Gasteiger charge is -2.07. The van der Waals surface area contributed by atoms with Gasteiger partial charge in [-0.25, -0.2) is 0 Å². The number of halogens is 1. The molecule has 2 aromatic carbocycles. The van der Waals surface area contributed by atoms with Gasteiger partial charge in [0.2, 0.25) is 5.91 Å². The van der Waals surface area contributed by atoms with E-state index < -0.39 is 0 Å². The van der Waals surface area contributed by atoms with Crippen LogP contribution in [0.15, 0.2) is 48.5 Å². The quantitative estimate of drug-likeness (QED) is 0.890. The molecule has 0 radical (unpaired) electrons. The molecule has 114 valence electrons. The van der Waals surface area contributed by atoms with E-state index in [9.17, 15) is 9.59 Å². The lowest BCUT2D eigenvalue weighted by atomic mass is 10.1. The third kappa shape index (κ3) is 4.60. The maximum absolute atomic E-state index is 11.9.